The normalized spacial score (nSPS) is 18.4. The maximum absolute atomic E-state index is 5.57. The molecule has 19 heavy (non-hydrogen) atoms. The van der Waals surface area contributed by atoms with Crippen molar-refractivity contribution in [1.29, 1.82) is 0 Å². The number of hydrogen-bond acceptors (Lipinski definition) is 5. The molecule has 0 aromatic carbocycles. The smallest absolute Gasteiger partial charge is 0.137 e. The highest BCUT2D eigenvalue weighted by Crippen LogP contribution is 2.29. The lowest BCUT2D eigenvalue weighted by Crippen LogP contribution is -2.53. The van der Waals surface area contributed by atoms with E-state index in [0.29, 0.717) is 0 Å². The molecule has 1 aromatic rings. The van der Waals surface area contributed by atoms with E-state index in [2.05, 4.69) is 47.9 Å². The van der Waals surface area contributed by atoms with E-state index in [1.54, 1.807) is 6.33 Å². The Balaban J connectivity index is 2.28. The second kappa shape index (κ2) is 5.74. The van der Waals surface area contributed by atoms with E-state index in [1.807, 2.05) is 0 Å². The van der Waals surface area contributed by atoms with E-state index in [-0.39, 0.29) is 5.54 Å². The first-order chi connectivity index (χ1) is 9.06. The fourth-order valence-electron chi connectivity index (χ4n) is 2.39. The monoisotopic (exact) mass is 264 g/mol. The highest BCUT2D eigenvalue weighted by Gasteiger charge is 2.32. The molecule has 0 unspecified atom stereocenters. The first-order valence-corrected chi connectivity index (χ1v) is 6.97. The standard InChI is InChI=1S/C14H24N4O/c1-5-6-15-12-11(2)13(17-10-16-12)18-7-8-19-9-14(18,3)4/h10H,5-9H2,1-4H3,(H,15,16,17). The van der Waals surface area contributed by atoms with Gasteiger partial charge in [-0.3, -0.25) is 0 Å². The lowest BCUT2D eigenvalue weighted by Gasteiger charge is -2.43. The third-order valence-corrected chi connectivity index (χ3v) is 3.50. The van der Waals surface area contributed by atoms with Crippen LogP contribution in [0.2, 0.25) is 0 Å². The van der Waals surface area contributed by atoms with Gasteiger partial charge in [-0.1, -0.05) is 6.92 Å². The van der Waals surface area contributed by atoms with E-state index in [1.165, 1.54) is 0 Å². The third kappa shape index (κ3) is 2.97. The van der Waals surface area contributed by atoms with Crippen LogP contribution in [0.15, 0.2) is 6.33 Å². The second-order valence-corrected chi connectivity index (χ2v) is 5.61. The fraction of sp³-hybridized carbons (Fsp3) is 0.714. The van der Waals surface area contributed by atoms with Gasteiger partial charge in [0.25, 0.3) is 0 Å². The van der Waals surface area contributed by atoms with Gasteiger partial charge in [-0.2, -0.15) is 0 Å². The Morgan fingerprint density at radius 3 is 2.89 bits per heavy atom. The van der Waals surface area contributed by atoms with E-state index in [9.17, 15) is 0 Å². The zero-order valence-corrected chi connectivity index (χ0v) is 12.4. The lowest BCUT2D eigenvalue weighted by atomic mass is 10.0. The molecule has 0 aliphatic carbocycles. The first-order valence-electron chi connectivity index (χ1n) is 6.97. The zero-order chi connectivity index (χ0) is 13.9. The van der Waals surface area contributed by atoms with Gasteiger partial charge in [0.2, 0.25) is 0 Å². The number of nitrogens with zero attached hydrogens (tertiary/aromatic N) is 3. The van der Waals surface area contributed by atoms with Gasteiger partial charge in [-0.05, 0) is 27.2 Å². The number of hydrogen-bond donors (Lipinski definition) is 1. The average molecular weight is 264 g/mol. The number of morpholine rings is 1. The largest absolute Gasteiger partial charge is 0.377 e. The van der Waals surface area contributed by atoms with Gasteiger partial charge in [-0.15, -0.1) is 0 Å². The Hall–Kier alpha value is -1.36. The Bertz CT molecular complexity index is 433. The number of rotatable bonds is 4. The molecule has 2 rings (SSSR count). The van der Waals surface area contributed by atoms with E-state index in [4.69, 9.17) is 4.74 Å². The molecule has 0 bridgehead atoms. The molecule has 0 spiro atoms. The van der Waals surface area contributed by atoms with Crippen LogP contribution in [-0.4, -0.2) is 41.8 Å². The summed E-state index contributed by atoms with van der Waals surface area (Å²) < 4.78 is 5.57. The Morgan fingerprint density at radius 1 is 1.42 bits per heavy atom. The zero-order valence-electron chi connectivity index (χ0n) is 12.4. The summed E-state index contributed by atoms with van der Waals surface area (Å²) in [7, 11) is 0. The van der Waals surface area contributed by atoms with Crippen LogP contribution >= 0.6 is 0 Å². The summed E-state index contributed by atoms with van der Waals surface area (Å²) in [5.41, 5.74) is 1.09. The summed E-state index contributed by atoms with van der Waals surface area (Å²) in [6.07, 6.45) is 2.73. The van der Waals surface area contributed by atoms with Crippen molar-refractivity contribution in [2.45, 2.75) is 39.7 Å². The molecular weight excluding hydrogens is 240 g/mol. The lowest BCUT2D eigenvalue weighted by molar-refractivity contribution is 0.0638. The van der Waals surface area contributed by atoms with Crippen LogP contribution in [0.3, 0.4) is 0 Å². The minimum Gasteiger partial charge on any atom is -0.377 e. The van der Waals surface area contributed by atoms with Gasteiger partial charge >= 0.3 is 0 Å². The van der Waals surface area contributed by atoms with Crippen LogP contribution < -0.4 is 10.2 Å². The number of anilines is 2. The second-order valence-electron chi connectivity index (χ2n) is 5.61. The van der Waals surface area contributed by atoms with Gasteiger partial charge < -0.3 is 15.0 Å². The molecule has 106 valence electrons. The van der Waals surface area contributed by atoms with Crippen LogP contribution in [-0.2, 0) is 4.74 Å². The van der Waals surface area contributed by atoms with Gasteiger partial charge in [0.15, 0.2) is 0 Å². The summed E-state index contributed by atoms with van der Waals surface area (Å²) in [4.78, 5) is 11.1. The molecule has 1 aliphatic rings. The topological polar surface area (TPSA) is 50.3 Å². The maximum Gasteiger partial charge on any atom is 0.137 e. The molecule has 1 fully saturated rings. The first kappa shape index (κ1) is 14.1. The molecule has 0 radical (unpaired) electrons. The number of ether oxygens (including phenoxy) is 1. The molecule has 0 saturated carbocycles. The van der Waals surface area contributed by atoms with Crippen molar-refractivity contribution in [2.24, 2.45) is 0 Å². The summed E-state index contributed by atoms with van der Waals surface area (Å²) in [6, 6.07) is 0. The Kier molecular flexibility index (Phi) is 4.24. The van der Waals surface area contributed by atoms with Gasteiger partial charge in [0.05, 0.1) is 18.8 Å². The molecule has 0 atom stereocenters. The molecule has 1 saturated heterocycles. The van der Waals surface area contributed by atoms with Crippen LogP contribution in [0.25, 0.3) is 0 Å². The summed E-state index contributed by atoms with van der Waals surface area (Å²) in [5, 5.41) is 3.36. The number of aromatic nitrogens is 2. The van der Waals surface area contributed by atoms with Crippen molar-refractivity contribution in [3.63, 3.8) is 0 Å². The number of nitrogens with one attached hydrogen (secondary N) is 1. The van der Waals surface area contributed by atoms with Crippen molar-refractivity contribution in [3.8, 4) is 0 Å². The summed E-state index contributed by atoms with van der Waals surface area (Å²) >= 11 is 0. The van der Waals surface area contributed by atoms with Gasteiger partial charge in [0.1, 0.15) is 18.0 Å². The summed E-state index contributed by atoms with van der Waals surface area (Å²) in [5.74, 6) is 1.95. The van der Waals surface area contributed by atoms with Crippen molar-refractivity contribution >= 4 is 11.6 Å². The van der Waals surface area contributed by atoms with E-state index in [0.717, 1.165) is 49.9 Å². The molecular formula is C14H24N4O. The highest BCUT2D eigenvalue weighted by molar-refractivity contribution is 5.59. The molecule has 1 aliphatic heterocycles. The third-order valence-electron chi connectivity index (χ3n) is 3.50. The Labute approximate surface area is 115 Å². The van der Waals surface area contributed by atoms with Gasteiger partial charge in [0, 0.05) is 18.7 Å². The predicted octanol–water partition coefficient (Wildman–Crippen LogP) is 2.22. The quantitative estimate of drug-likeness (QED) is 0.903. The van der Waals surface area contributed by atoms with Crippen LogP contribution in [0, 0.1) is 6.92 Å². The minimum absolute atomic E-state index is 0.0284. The van der Waals surface area contributed by atoms with Crippen LogP contribution in [0.1, 0.15) is 32.8 Å². The molecule has 5 heteroatoms. The van der Waals surface area contributed by atoms with Crippen LogP contribution in [0.5, 0.6) is 0 Å². The molecule has 1 N–H and O–H groups in total. The van der Waals surface area contributed by atoms with Crippen molar-refractivity contribution in [2.75, 3.05) is 36.5 Å². The average Bonchev–Trinajstić information content (AvgIpc) is 2.38. The summed E-state index contributed by atoms with van der Waals surface area (Å²) in [6.45, 7) is 11.9. The van der Waals surface area contributed by atoms with Crippen molar-refractivity contribution < 1.29 is 4.74 Å². The van der Waals surface area contributed by atoms with Crippen molar-refractivity contribution in [1.82, 2.24) is 9.97 Å². The van der Waals surface area contributed by atoms with Gasteiger partial charge in [-0.25, -0.2) is 9.97 Å². The fourth-order valence-corrected chi connectivity index (χ4v) is 2.39. The Morgan fingerprint density at radius 2 is 2.21 bits per heavy atom. The predicted molar refractivity (Wildman–Crippen MR) is 77.8 cm³/mol. The van der Waals surface area contributed by atoms with Crippen LogP contribution in [0.4, 0.5) is 11.6 Å². The SMILES string of the molecule is CCCNc1ncnc(N2CCOCC2(C)C)c1C. The molecule has 1 aromatic heterocycles. The van der Waals surface area contributed by atoms with E-state index >= 15 is 0 Å². The van der Waals surface area contributed by atoms with E-state index < -0.39 is 0 Å². The van der Waals surface area contributed by atoms with Crippen molar-refractivity contribution in [3.05, 3.63) is 11.9 Å². The maximum atomic E-state index is 5.57. The molecule has 5 nitrogen and oxygen atoms in total. The highest BCUT2D eigenvalue weighted by atomic mass is 16.5. The molecule has 0 amide bonds. The minimum atomic E-state index is -0.0284. The molecule has 2 heterocycles.